The molecule has 7 nitrogen and oxygen atoms in total. The van der Waals surface area contributed by atoms with Crippen molar-refractivity contribution in [2.45, 2.75) is 13.0 Å². The number of nitrogens with zero attached hydrogens (tertiary/aromatic N) is 4. The van der Waals surface area contributed by atoms with Crippen molar-refractivity contribution in [2.75, 3.05) is 26.2 Å². The molecule has 0 spiro atoms. The first-order valence-electron chi connectivity index (χ1n) is 12.1. The molecule has 36 heavy (non-hydrogen) atoms. The van der Waals surface area contributed by atoms with Gasteiger partial charge in [0, 0.05) is 37.9 Å². The van der Waals surface area contributed by atoms with Gasteiger partial charge < -0.3 is 10.6 Å². The molecule has 1 unspecified atom stereocenters. The summed E-state index contributed by atoms with van der Waals surface area (Å²) >= 11 is 0. The second-order valence-corrected chi connectivity index (χ2v) is 9.03. The smallest absolute Gasteiger partial charge is 0.257 e. The van der Waals surface area contributed by atoms with Crippen LogP contribution >= 0.6 is 0 Å². The van der Waals surface area contributed by atoms with E-state index in [1.165, 1.54) is 0 Å². The van der Waals surface area contributed by atoms with Gasteiger partial charge in [-0.3, -0.25) is 14.5 Å². The molecule has 1 fully saturated rings. The van der Waals surface area contributed by atoms with Crippen LogP contribution in [0.4, 0.5) is 0 Å². The van der Waals surface area contributed by atoms with Crippen LogP contribution in [0.2, 0.25) is 0 Å². The van der Waals surface area contributed by atoms with Crippen LogP contribution in [0.5, 0.6) is 0 Å². The number of aryl methyl sites for hydroxylation is 1. The number of aromatic nitrogens is 2. The van der Waals surface area contributed by atoms with Crippen LogP contribution in [0.25, 0.3) is 16.9 Å². The van der Waals surface area contributed by atoms with Crippen LogP contribution in [0.15, 0.2) is 91.1 Å². The molecule has 4 aromatic rings. The van der Waals surface area contributed by atoms with E-state index in [-0.39, 0.29) is 11.8 Å². The van der Waals surface area contributed by atoms with Gasteiger partial charge in [-0.05, 0) is 30.2 Å². The van der Waals surface area contributed by atoms with Crippen LogP contribution in [0.3, 0.4) is 0 Å². The van der Waals surface area contributed by atoms with Crippen molar-refractivity contribution in [1.29, 1.82) is 0 Å². The number of para-hydroxylation sites is 1. The van der Waals surface area contributed by atoms with Gasteiger partial charge in [-0.15, -0.1) is 0 Å². The van der Waals surface area contributed by atoms with Gasteiger partial charge in [-0.25, -0.2) is 4.68 Å². The Kier molecular flexibility index (Phi) is 6.64. The number of nitrogens with two attached hydrogens (primary N) is 1. The van der Waals surface area contributed by atoms with Gasteiger partial charge in [-0.1, -0.05) is 72.8 Å². The van der Waals surface area contributed by atoms with Gasteiger partial charge in [0.2, 0.25) is 5.91 Å². The maximum atomic E-state index is 13.8. The first kappa shape index (κ1) is 23.5. The number of piperazine rings is 1. The number of carbonyl (C=O) groups is 2. The topological polar surface area (TPSA) is 84.5 Å². The number of hydrogen-bond donors (Lipinski definition) is 1. The maximum absolute atomic E-state index is 13.8. The van der Waals surface area contributed by atoms with Crippen molar-refractivity contribution in [3.63, 3.8) is 0 Å². The lowest BCUT2D eigenvalue weighted by Crippen LogP contribution is -2.51. The largest absolute Gasteiger partial charge is 0.368 e. The number of hydrogen-bond acceptors (Lipinski definition) is 4. The van der Waals surface area contributed by atoms with Crippen molar-refractivity contribution in [1.82, 2.24) is 19.6 Å². The van der Waals surface area contributed by atoms with E-state index < -0.39 is 6.04 Å². The third kappa shape index (κ3) is 4.65. The fraction of sp³-hybridized carbons (Fsp3) is 0.207. The summed E-state index contributed by atoms with van der Waals surface area (Å²) in [5, 5.41) is 4.83. The molecule has 0 radical (unpaired) electrons. The molecule has 0 bridgehead atoms. The fourth-order valence-electron chi connectivity index (χ4n) is 4.82. The van der Waals surface area contributed by atoms with E-state index in [0.717, 1.165) is 22.4 Å². The Morgan fingerprint density at radius 1 is 0.833 bits per heavy atom. The molecule has 2 N–H and O–H groups in total. The van der Waals surface area contributed by atoms with Gasteiger partial charge >= 0.3 is 0 Å². The highest BCUT2D eigenvalue weighted by atomic mass is 16.2. The van der Waals surface area contributed by atoms with Gasteiger partial charge in [0.25, 0.3) is 5.91 Å². The molecule has 2 amide bonds. The first-order chi connectivity index (χ1) is 17.5. The minimum absolute atomic E-state index is 0.0644. The molecule has 7 heteroatoms. The summed E-state index contributed by atoms with van der Waals surface area (Å²) < 4.78 is 1.77. The molecule has 3 aromatic carbocycles. The molecule has 2 heterocycles. The lowest BCUT2D eigenvalue weighted by atomic mass is 10.0. The third-order valence-corrected chi connectivity index (χ3v) is 6.72. The molecule has 1 saturated heterocycles. The second kappa shape index (κ2) is 10.2. The predicted octanol–water partition coefficient (Wildman–Crippen LogP) is 3.83. The number of rotatable bonds is 6. The average molecular weight is 480 g/mol. The van der Waals surface area contributed by atoms with Gasteiger partial charge in [0.05, 0.1) is 11.3 Å². The summed E-state index contributed by atoms with van der Waals surface area (Å²) in [7, 11) is 0. The van der Waals surface area contributed by atoms with Crippen molar-refractivity contribution in [3.05, 3.63) is 108 Å². The van der Waals surface area contributed by atoms with E-state index >= 15 is 0 Å². The van der Waals surface area contributed by atoms with E-state index in [1.807, 2.05) is 103 Å². The summed E-state index contributed by atoms with van der Waals surface area (Å²) in [6, 6.07) is 26.8. The molecule has 1 aromatic heterocycles. The summed E-state index contributed by atoms with van der Waals surface area (Å²) in [4.78, 5) is 30.0. The lowest BCUT2D eigenvalue weighted by Gasteiger charge is -2.38. The Labute approximate surface area is 210 Å². The molecule has 1 aliphatic rings. The highest BCUT2D eigenvalue weighted by Gasteiger charge is 2.32. The van der Waals surface area contributed by atoms with Crippen LogP contribution in [-0.4, -0.2) is 57.6 Å². The Bertz CT molecular complexity index is 1360. The molecule has 182 valence electrons. The SMILES string of the molecule is Cc1ccccc1-c1nn(-c2ccccc2)cc1C(=O)N1CCN(C(C(N)=O)c2ccccc2)CC1. The fourth-order valence-corrected chi connectivity index (χ4v) is 4.82. The van der Waals surface area contributed by atoms with Crippen LogP contribution in [0.1, 0.15) is 27.5 Å². The van der Waals surface area contributed by atoms with Crippen LogP contribution in [-0.2, 0) is 4.79 Å². The lowest BCUT2D eigenvalue weighted by molar-refractivity contribution is -0.124. The van der Waals surface area contributed by atoms with E-state index in [1.54, 1.807) is 4.68 Å². The number of carbonyl (C=O) groups excluding carboxylic acids is 2. The zero-order valence-corrected chi connectivity index (χ0v) is 20.2. The van der Waals surface area contributed by atoms with Crippen LogP contribution < -0.4 is 5.73 Å². The maximum Gasteiger partial charge on any atom is 0.257 e. The zero-order valence-electron chi connectivity index (χ0n) is 20.2. The van der Waals surface area contributed by atoms with Crippen LogP contribution in [0, 0.1) is 6.92 Å². The monoisotopic (exact) mass is 479 g/mol. The molecule has 1 aliphatic heterocycles. The predicted molar refractivity (Wildman–Crippen MR) is 140 cm³/mol. The molecule has 5 rings (SSSR count). The molecular weight excluding hydrogens is 450 g/mol. The molecular formula is C29H29N5O2. The summed E-state index contributed by atoms with van der Waals surface area (Å²) in [6.07, 6.45) is 1.82. The Morgan fingerprint density at radius 3 is 2.08 bits per heavy atom. The summed E-state index contributed by atoms with van der Waals surface area (Å²) in [5.74, 6) is -0.447. The number of primary amides is 1. The van der Waals surface area contributed by atoms with Crippen molar-refractivity contribution in [3.8, 4) is 16.9 Å². The minimum Gasteiger partial charge on any atom is -0.368 e. The normalized spacial score (nSPS) is 15.0. The third-order valence-electron chi connectivity index (χ3n) is 6.72. The van der Waals surface area contributed by atoms with Crippen molar-refractivity contribution in [2.24, 2.45) is 5.73 Å². The molecule has 1 atom stereocenters. The van der Waals surface area contributed by atoms with Gasteiger partial charge in [-0.2, -0.15) is 5.10 Å². The van der Waals surface area contributed by atoms with Gasteiger partial charge in [0.15, 0.2) is 0 Å². The minimum atomic E-state index is -0.508. The average Bonchev–Trinajstić information content (AvgIpc) is 3.35. The first-order valence-corrected chi connectivity index (χ1v) is 12.1. The van der Waals surface area contributed by atoms with E-state index in [4.69, 9.17) is 10.8 Å². The summed E-state index contributed by atoms with van der Waals surface area (Å²) in [6.45, 7) is 4.14. The quantitative estimate of drug-likeness (QED) is 0.456. The second-order valence-electron chi connectivity index (χ2n) is 9.03. The Hall–Kier alpha value is -4.23. The number of benzene rings is 3. The standard InChI is InChI=1S/C29H29N5O2/c1-21-10-8-9-15-24(21)26-25(20-34(31-26)23-13-6-3-7-14-23)29(36)33-18-16-32(17-19-33)27(28(30)35)22-11-4-2-5-12-22/h2-15,20,27H,16-19H2,1H3,(H2,30,35). The van der Waals surface area contributed by atoms with Crippen molar-refractivity contribution >= 4 is 11.8 Å². The molecule has 0 saturated carbocycles. The summed E-state index contributed by atoms with van der Waals surface area (Å²) in [5.41, 5.74) is 10.8. The van der Waals surface area contributed by atoms with E-state index in [9.17, 15) is 9.59 Å². The van der Waals surface area contributed by atoms with Gasteiger partial charge in [0.1, 0.15) is 11.7 Å². The number of amides is 2. The Balaban J connectivity index is 1.41. The highest BCUT2D eigenvalue weighted by Crippen LogP contribution is 2.29. The zero-order chi connectivity index (χ0) is 25.1. The van der Waals surface area contributed by atoms with E-state index in [0.29, 0.717) is 37.4 Å². The van der Waals surface area contributed by atoms with E-state index in [2.05, 4.69) is 4.90 Å². The van der Waals surface area contributed by atoms with Crippen molar-refractivity contribution < 1.29 is 9.59 Å². The Morgan fingerprint density at radius 2 is 1.44 bits per heavy atom. The highest BCUT2D eigenvalue weighted by molar-refractivity contribution is 6.00. The molecule has 0 aliphatic carbocycles.